The van der Waals surface area contributed by atoms with Gasteiger partial charge >= 0.3 is 5.97 Å². The molecule has 0 aromatic carbocycles. The molecule has 6 nitrogen and oxygen atoms in total. The van der Waals surface area contributed by atoms with E-state index in [2.05, 4.69) is 10.6 Å². The predicted molar refractivity (Wildman–Crippen MR) is 69.4 cm³/mol. The van der Waals surface area contributed by atoms with Gasteiger partial charge in [0, 0.05) is 5.92 Å². The topological polar surface area (TPSA) is 95.5 Å². The molecule has 0 spiro atoms. The summed E-state index contributed by atoms with van der Waals surface area (Å²) >= 11 is 0. The lowest BCUT2D eigenvalue weighted by atomic mass is 9.81. The van der Waals surface area contributed by atoms with Crippen LogP contribution in [0, 0.1) is 5.92 Å². The van der Waals surface area contributed by atoms with Gasteiger partial charge in [-0.25, -0.2) is 4.79 Å². The zero-order valence-corrected chi connectivity index (χ0v) is 11.5. The molecule has 0 bridgehead atoms. The monoisotopic (exact) mass is 270 g/mol. The van der Waals surface area contributed by atoms with Crippen LogP contribution >= 0.6 is 0 Å². The van der Waals surface area contributed by atoms with Gasteiger partial charge in [0.15, 0.2) is 0 Å². The van der Waals surface area contributed by atoms with E-state index in [-0.39, 0.29) is 18.4 Å². The molecule has 108 valence electrons. The molecule has 0 aromatic heterocycles. The molecule has 0 aromatic rings. The summed E-state index contributed by atoms with van der Waals surface area (Å²) in [4.78, 5) is 34.5. The van der Waals surface area contributed by atoms with Crippen molar-refractivity contribution >= 4 is 17.8 Å². The summed E-state index contributed by atoms with van der Waals surface area (Å²) in [6, 6.07) is 0. The van der Waals surface area contributed by atoms with E-state index in [1.165, 1.54) is 0 Å². The molecule has 0 atom stereocenters. The SMILES string of the molecule is CC(C)C(=O)NCC(=O)NC1(C(=O)O)CCCCC1. The first kappa shape index (κ1) is 15.5. The molecular weight excluding hydrogens is 248 g/mol. The summed E-state index contributed by atoms with van der Waals surface area (Å²) in [6.45, 7) is 3.28. The minimum Gasteiger partial charge on any atom is -0.480 e. The fraction of sp³-hybridized carbons (Fsp3) is 0.769. The minimum absolute atomic E-state index is 0.175. The van der Waals surface area contributed by atoms with Crippen molar-refractivity contribution in [3.05, 3.63) is 0 Å². The number of carbonyl (C=O) groups excluding carboxylic acids is 2. The molecule has 19 heavy (non-hydrogen) atoms. The Morgan fingerprint density at radius 1 is 1.16 bits per heavy atom. The molecule has 6 heteroatoms. The Labute approximate surface area is 112 Å². The number of carbonyl (C=O) groups is 3. The predicted octanol–water partition coefficient (Wildman–Crippen LogP) is 0.662. The molecule has 0 saturated heterocycles. The molecule has 3 N–H and O–H groups in total. The van der Waals surface area contributed by atoms with Gasteiger partial charge in [-0.1, -0.05) is 33.1 Å². The average Bonchev–Trinajstić information content (AvgIpc) is 2.36. The van der Waals surface area contributed by atoms with E-state index in [1.54, 1.807) is 13.8 Å². The molecule has 1 saturated carbocycles. The number of rotatable bonds is 5. The Balaban J connectivity index is 2.53. The number of amides is 2. The van der Waals surface area contributed by atoms with Crippen molar-refractivity contribution in [2.75, 3.05) is 6.54 Å². The van der Waals surface area contributed by atoms with Crippen LogP contribution < -0.4 is 10.6 Å². The van der Waals surface area contributed by atoms with Crippen LogP contribution in [0.5, 0.6) is 0 Å². The normalized spacial score (nSPS) is 17.8. The summed E-state index contributed by atoms with van der Waals surface area (Å²) in [5, 5.41) is 14.4. The number of hydrogen-bond donors (Lipinski definition) is 3. The van der Waals surface area contributed by atoms with Crippen molar-refractivity contribution in [1.82, 2.24) is 10.6 Å². The number of nitrogens with one attached hydrogen (secondary N) is 2. The standard InChI is InChI=1S/C13H22N2O4/c1-9(2)11(17)14-8-10(16)15-13(12(18)19)6-4-3-5-7-13/h9H,3-8H2,1-2H3,(H,14,17)(H,15,16)(H,18,19). The molecule has 2 amide bonds. The largest absolute Gasteiger partial charge is 0.480 e. The summed E-state index contributed by atoms with van der Waals surface area (Å²) < 4.78 is 0. The average molecular weight is 270 g/mol. The van der Waals surface area contributed by atoms with Gasteiger partial charge in [-0.2, -0.15) is 0 Å². The molecule has 0 heterocycles. The molecule has 0 unspecified atom stereocenters. The van der Waals surface area contributed by atoms with Gasteiger partial charge in [-0.05, 0) is 12.8 Å². The van der Waals surface area contributed by atoms with E-state index in [9.17, 15) is 19.5 Å². The van der Waals surface area contributed by atoms with Gasteiger partial charge in [0.2, 0.25) is 11.8 Å². The quantitative estimate of drug-likeness (QED) is 0.684. The van der Waals surface area contributed by atoms with Crippen LogP contribution in [0.2, 0.25) is 0 Å². The van der Waals surface area contributed by atoms with Crippen molar-refractivity contribution < 1.29 is 19.5 Å². The lowest BCUT2D eigenvalue weighted by Gasteiger charge is -2.34. The molecule has 1 aliphatic rings. The van der Waals surface area contributed by atoms with E-state index >= 15 is 0 Å². The highest BCUT2D eigenvalue weighted by atomic mass is 16.4. The van der Waals surface area contributed by atoms with Crippen molar-refractivity contribution in [3.8, 4) is 0 Å². The first-order valence-corrected chi connectivity index (χ1v) is 6.69. The van der Waals surface area contributed by atoms with Crippen molar-refractivity contribution in [2.24, 2.45) is 5.92 Å². The second kappa shape index (κ2) is 6.54. The third-order valence-corrected chi connectivity index (χ3v) is 3.44. The van der Waals surface area contributed by atoms with Crippen LogP contribution in [0.25, 0.3) is 0 Å². The number of aliphatic carboxylic acids is 1. The third kappa shape index (κ3) is 4.22. The maximum absolute atomic E-state index is 11.8. The van der Waals surface area contributed by atoms with Crippen LogP contribution in [0.4, 0.5) is 0 Å². The second-order valence-electron chi connectivity index (χ2n) is 5.37. The second-order valence-corrected chi connectivity index (χ2v) is 5.37. The highest BCUT2D eigenvalue weighted by Crippen LogP contribution is 2.28. The molecular formula is C13H22N2O4. The van der Waals surface area contributed by atoms with Gasteiger partial charge in [0.1, 0.15) is 5.54 Å². The van der Waals surface area contributed by atoms with Crippen LogP contribution in [0.1, 0.15) is 46.0 Å². The van der Waals surface area contributed by atoms with E-state index < -0.39 is 17.4 Å². The smallest absolute Gasteiger partial charge is 0.329 e. The molecule has 0 radical (unpaired) electrons. The van der Waals surface area contributed by atoms with E-state index in [1.807, 2.05) is 0 Å². The lowest BCUT2D eigenvalue weighted by Crippen LogP contribution is -2.57. The van der Waals surface area contributed by atoms with Gasteiger partial charge in [-0.15, -0.1) is 0 Å². The van der Waals surface area contributed by atoms with Crippen LogP contribution in [-0.4, -0.2) is 35.0 Å². The van der Waals surface area contributed by atoms with Gasteiger partial charge in [0.05, 0.1) is 6.54 Å². The number of hydrogen-bond acceptors (Lipinski definition) is 3. The molecule has 0 aliphatic heterocycles. The number of carboxylic acid groups (broad SMARTS) is 1. The van der Waals surface area contributed by atoms with Crippen LogP contribution in [0.15, 0.2) is 0 Å². The summed E-state index contributed by atoms with van der Waals surface area (Å²) in [6.07, 6.45) is 3.49. The Bertz CT molecular complexity index is 360. The van der Waals surface area contributed by atoms with Crippen LogP contribution in [0.3, 0.4) is 0 Å². The van der Waals surface area contributed by atoms with Gasteiger partial charge in [0.25, 0.3) is 0 Å². The van der Waals surface area contributed by atoms with Crippen molar-refractivity contribution in [2.45, 2.75) is 51.5 Å². The highest BCUT2D eigenvalue weighted by Gasteiger charge is 2.40. The van der Waals surface area contributed by atoms with Crippen molar-refractivity contribution in [1.29, 1.82) is 0 Å². The van der Waals surface area contributed by atoms with Gasteiger partial charge < -0.3 is 15.7 Å². The summed E-state index contributed by atoms with van der Waals surface area (Å²) in [5.41, 5.74) is -1.15. The lowest BCUT2D eigenvalue weighted by molar-refractivity contribution is -0.149. The first-order valence-electron chi connectivity index (χ1n) is 6.69. The maximum atomic E-state index is 11.8. The summed E-state index contributed by atoms with van der Waals surface area (Å²) in [7, 11) is 0. The number of carboxylic acids is 1. The molecule has 1 fully saturated rings. The van der Waals surface area contributed by atoms with E-state index in [0.717, 1.165) is 19.3 Å². The van der Waals surface area contributed by atoms with E-state index in [4.69, 9.17) is 0 Å². The zero-order valence-electron chi connectivity index (χ0n) is 11.5. The van der Waals surface area contributed by atoms with Gasteiger partial charge in [-0.3, -0.25) is 9.59 Å². The minimum atomic E-state index is -1.15. The van der Waals surface area contributed by atoms with Crippen LogP contribution in [-0.2, 0) is 14.4 Å². The Morgan fingerprint density at radius 2 is 1.74 bits per heavy atom. The third-order valence-electron chi connectivity index (χ3n) is 3.44. The fourth-order valence-corrected chi connectivity index (χ4v) is 2.23. The Morgan fingerprint density at radius 3 is 2.21 bits per heavy atom. The highest BCUT2D eigenvalue weighted by molar-refractivity contribution is 5.90. The maximum Gasteiger partial charge on any atom is 0.329 e. The summed E-state index contributed by atoms with van der Waals surface area (Å²) in [5.74, 6) is -1.85. The zero-order chi connectivity index (χ0) is 14.5. The van der Waals surface area contributed by atoms with E-state index in [0.29, 0.717) is 12.8 Å². The fourth-order valence-electron chi connectivity index (χ4n) is 2.23. The van der Waals surface area contributed by atoms with Crippen molar-refractivity contribution in [3.63, 3.8) is 0 Å². The molecule has 1 aliphatic carbocycles. The Hall–Kier alpha value is -1.59. The Kier molecular flexibility index (Phi) is 5.32. The molecule has 1 rings (SSSR count). The first-order chi connectivity index (χ1) is 8.87.